The molecule has 0 saturated heterocycles. The van der Waals surface area contributed by atoms with Crippen LogP contribution >= 0.6 is 0 Å². The number of rotatable bonds is 12. The molecule has 1 atom stereocenters. The Morgan fingerprint density at radius 3 is 2.62 bits per heavy atom. The van der Waals surface area contributed by atoms with Crippen molar-refractivity contribution in [3.05, 3.63) is 60.3 Å². The number of hydrogen-bond donors (Lipinski definition) is 0. The Balaban J connectivity index is 2.31. The lowest BCUT2D eigenvalue weighted by Crippen LogP contribution is -2.02. The van der Waals surface area contributed by atoms with E-state index in [1.807, 2.05) is 12.2 Å². The average molecular weight is 357 g/mol. The zero-order valence-corrected chi connectivity index (χ0v) is 16.2. The van der Waals surface area contributed by atoms with E-state index in [9.17, 15) is 9.59 Å². The topological polar surface area (TPSA) is 43.4 Å². The molecule has 0 radical (unpaired) electrons. The maximum atomic E-state index is 12.0. The molecule has 0 bridgehead atoms. The predicted octanol–water partition coefficient (Wildman–Crippen LogP) is 5.65. The number of carbonyl (C=O) groups excluding carboxylic acids is 2. The van der Waals surface area contributed by atoms with Crippen molar-refractivity contribution in [2.24, 2.45) is 5.92 Å². The number of carbonyl (C=O) groups is 2. The summed E-state index contributed by atoms with van der Waals surface area (Å²) < 4.78 is 4.61. The fraction of sp³-hybridized carbons (Fsp3) is 0.478. The van der Waals surface area contributed by atoms with Gasteiger partial charge in [0.2, 0.25) is 0 Å². The van der Waals surface area contributed by atoms with Gasteiger partial charge in [-0.3, -0.25) is 9.59 Å². The minimum absolute atomic E-state index is 0.137. The van der Waals surface area contributed by atoms with Crippen molar-refractivity contribution in [2.75, 3.05) is 7.11 Å². The van der Waals surface area contributed by atoms with Gasteiger partial charge in [-0.05, 0) is 51.0 Å². The van der Waals surface area contributed by atoms with Crippen molar-refractivity contribution in [2.45, 2.75) is 58.3 Å². The molecule has 26 heavy (non-hydrogen) atoms. The number of methoxy groups -OCH3 is 1. The van der Waals surface area contributed by atoms with Crippen molar-refractivity contribution in [1.29, 1.82) is 0 Å². The van der Waals surface area contributed by atoms with E-state index in [-0.39, 0.29) is 17.7 Å². The molecule has 142 valence electrons. The normalized spacial score (nSPS) is 18.9. The first-order valence-corrected chi connectivity index (χ1v) is 9.63. The zero-order valence-electron chi connectivity index (χ0n) is 16.2. The molecular weight excluding hydrogens is 324 g/mol. The van der Waals surface area contributed by atoms with Crippen molar-refractivity contribution in [3.8, 4) is 0 Å². The predicted molar refractivity (Wildman–Crippen MR) is 108 cm³/mol. The molecule has 0 aromatic heterocycles. The number of hydrogen-bond acceptors (Lipinski definition) is 3. The number of allylic oxidation sites excluding steroid dienone is 10. The highest BCUT2D eigenvalue weighted by molar-refractivity contribution is 6.07. The van der Waals surface area contributed by atoms with Gasteiger partial charge in [-0.25, -0.2) is 0 Å². The Bertz CT molecular complexity index is 576. The van der Waals surface area contributed by atoms with Crippen LogP contribution in [0, 0.1) is 5.92 Å². The average Bonchev–Trinajstić information content (AvgIpc) is 2.99. The second-order valence-electron chi connectivity index (χ2n) is 6.33. The molecule has 0 unspecified atom stereocenters. The molecule has 0 aromatic carbocycles. The Morgan fingerprint density at radius 1 is 1.08 bits per heavy atom. The molecule has 3 heteroatoms. The molecule has 0 fully saturated rings. The number of ether oxygens (including phenoxy) is 1. The summed E-state index contributed by atoms with van der Waals surface area (Å²) in [6.45, 7) is 2.14. The fourth-order valence-corrected chi connectivity index (χ4v) is 2.76. The molecule has 0 aromatic rings. The smallest absolute Gasteiger partial charge is 0.305 e. The highest BCUT2D eigenvalue weighted by Gasteiger charge is 2.21. The quantitative estimate of drug-likeness (QED) is 0.196. The van der Waals surface area contributed by atoms with E-state index in [4.69, 9.17) is 0 Å². The van der Waals surface area contributed by atoms with Crippen LogP contribution in [-0.2, 0) is 14.3 Å². The number of unbranched alkanes of at least 4 members (excludes halogenated alkanes) is 2. The van der Waals surface area contributed by atoms with E-state index in [0.29, 0.717) is 12.8 Å². The van der Waals surface area contributed by atoms with Crippen molar-refractivity contribution in [3.63, 3.8) is 0 Å². The standard InChI is InChI=1S/C23H32O3/c1-3-4-5-6-7-8-9-10-13-16-21-20(18-19-22(21)24)15-12-11-14-17-23(25)26-2/h4-5,7-8,11-12,16,18-20H,3,6,9-10,13-15,17H2,1-2H3/b5-4-,8-7-,12-11-,21-16+/t20-/m0/s1. The van der Waals surface area contributed by atoms with Crippen molar-refractivity contribution >= 4 is 11.8 Å². The van der Waals surface area contributed by atoms with Gasteiger partial charge in [0, 0.05) is 17.9 Å². The number of esters is 1. The van der Waals surface area contributed by atoms with E-state index in [1.54, 1.807) is 6.08 Å². The van der Waals surface area contributed by atoms with E-state index in [1.165, 1.54) is 7.11 Å². The monoisotopic (exact) mass is 356 g/mol. The lowest BCUT2D eigenvalue weighted by Gasteiger charge is -2.07. The van der Waals surface area contributed by atoms with Crippen LogP contribution in [0.25, 0.3) is 0 Å². The van der Waals surface area contributed by atoms with E-state index < -0.39 is 0 Å². The highest BCUT2D eigenvalue weighted by atomic mass is 16.5. The Morgan fingerprint density at radius 2 is 1.85 bits per heavy atom. The molecule has 1 aliphatic carbocycles. The van der Waals surface area contributed by atoms with Gasteiger partial charge in [0.15, 0.2) is 5.78 Å². The third-order valence-corrected chi connectivity index (χ3v) is 4.24. The molecule has 0 spiro atoms. The minimum atomic E-state index is -0.193. The maximum Gasteiger partial charge on any atom is 0.305 e. The lowest BCUT2D eigenvalue weighted by molar-refractivity contribution is -0.140. The highest BCUT2D eigenvalue weighted by Crippen LogP contribution is 2.26. The van der Waals surface area contributed by atoms with Crippen LogP contribution in [0.5, 0.6) is 0 Å². The SMILES string of the molecule is CC/C=C\C/C=C\CCC/C=C1/C(=O)C=C[C@@H]1C/C=C\CCC(=O)OC. The van der Waals surface area contributed by atoms with Gasteiger partial charge in [0.05, 0.1) is 7.11 Å². The molecule has 1 aliphatic rings. The third kappa shape index (κ3) is 9.36. The summed E-state index contributed by atoms with van der Waals surface area (Å²) in [6.07, 6.45) is 25.6. The maximum absolute atomic E-state index is 12.0. The summed E-state index contributed by atoms with van der Waals surface area (Å²) in [5.41, 5.74) is 0.914. The van der Waals surface area contributed by atoms with Gasteiger partial charge in [-0.2, -0.15) is 0 Å². The van der Waals surface area contributed by atoms with Crippen LogP contribution in [-0.4, -0.2) is 18.9 Å². The van der Waals surface area contributed by atoms with Gasteiger partial charge in [0.25, 0.3) is 0 Å². The van der Waals surface area contributed by atoms with Crippen LogP contribution in [0.15, 0.2) is 60.3 Å². The van der Waals surface area contributed by atoms with Gasteiger partial charge in [0.1, 0.15) is 0 Å². The van der Waals surface area contributed by atoms with Crippen molar-refractivity contribution < 1.29 is 14.3 Å². The van der Waals surface area contributed by atoms with E-state index >= 15 is 0 Å². The molecule has 0 N–H and O–H groups in total. The molecular formula is C23H32O3. The van der Waals surface area contributed by atoms with Gasteiger partial charge in [-0.1, -0.05) is 55.5 Å². The summed E-state index contributed by atoms with van der Waals surface area (Å²) in [5, 5.41) is 0. The minimum Gasteiger partial charge on any atom is -0.469 e. The van der Waals surface area contributed by atoms with E-state index in [0.717, 1.165) is 44.1 Å². The second kappa shape index (κ2) is 14.1. The fourth-order valence-electron chi connectivity index (χ4n) is 2.76. The van der Waals surface area contributed by atoms with Crippen LogP contribution in [0.2, 0.25) is 0 Å². The van der Waals surface area contributed by atoms with Gasteiger partial charge >= 0.3 is 5.97 Å². The summed E-state index contributed by atoms with van der Waals surface area (Å²) >= 11 is 0. The Kier molecular flexibility index (Phi) is 11.8. The second-order valence-corrected chi connectivity index (χ2v) is 6.33. The molecule has 0 amide bonds. The Hall–Kier alpha value is -2.16. The first-order chi connectivity index (χ1) is 12.7. The summed E-state index contributed by atoms with van der Waals surface area (Å²) in [6, 6.07) is 0. The largest absolute Gasteiger partial charge is 0.469 e. The van der Waals surface area contributed by atoms with Crippen LogP contribution in [0.3, 0.4) is 0 Å². The summed E-state index contributed by atoms with van der Waals surface area (Å²) in [5.74, 6) is 0.117. The molecule has 0 heterocycles. The van der Waals surface area contributed by atoms with Crippen LogP contribution in [0.1, 0.15) is 58.3 Å². The summed E-state index contributed by atoms with van der Waals surface area (Å²) in [4.78, 5) is 23.1. The molecule has 1 rings (SSSR count). The van der Waals surface area contributed by atoms with Gasteiger partial charge < -0.3 is 4.74 Å². The van der Waals surface area contributed by atoms with Crippen LogP contribution in [0.4, 0.5) is 0 Å². The van der Waals surface area contributed by atoms with Crippen molar-refractivity contribution in [1.82, 2.24) is 0 Å². The summed E-state index contributed by atoms with van der Waals surface area (Å²) in [7, 11) is 1.40. The zero-order chi connectivity index (χ0) is 19.0. The first kappa shape index (κ1) is 21.9. The molecule has 0 aliphatic heterocycles. The molecule has 0 saturated carbocycles. The third-order valence-electron chi connectivity index (χ3n) is 4.24. The lowest BCUT2D eigenvalue weighted by atomic mass is 9.96. The Labute approximate surface area is 158 Å². The molecule has 3 nitrogen and oxygen atoms in total. The van der Waals surface area contributed by atoms with Crippen LogP contribution < -0.4 is 0 Å². The van der Waals surface area contributed by atoms with E-state index in [2.05, 4.69) is 48.1 Å². The number of ketones is 1. The first-order valence-electron chi connectivity index (χ1n) is 9.63. The van der Waals surface area contributed by atoms with Gasteiger partial charge in [-0.15, -0.1) is 0 Å².